The van der Waals surface area contributed by atoms with Crippen molar-refractivity contribution in [2.75, 3.05) is 0 Å². The topological polar surface area (TPSA) is 0 Å². The van der Waals surface area contributed by atoms with Crippen LogP contribution in [-0.4, -0.2) is 26.3 Å². The molecule has 0 radical (unpaired) electrons. The quantitative estimate of drug-likeness (QED) is 0.730. The minimum absolute atomic E-state index is 0.312. The fourth-order valence-corrected chi connectivity index (χ4v) is 5.66. The van der Waals surface area contributed by atoms with E-state index in [1.165, 1.54) is 4.46 Å². The first kappa shape index (κ1) is 9.28. The summed E-state index contributed by atoms with van der Waals surface area (Å²) in [6.45, 7) is -0.312. The van der Waals surface area contributed by atoms with Crippen molar-refractivity contribution >= 4 is 30.7 Å². The SMILES string of the molecule is C[Se][Se]c1ccccc1CF. The van der Waals surface area contributed by atoms with E-state index in [2.05, 4.69) is 5.82 Å². The average molecular weight is 282 g/mol. The van der Waals surface area contributed by atoms with Crippen molar-refractivity contribution in [3.63, 3.8) is 0 Å². The normalized spacial score (nSPS) is 10.0. The second-order valence-corrected chi connectivity index (χ2v) is 9.41. The summed E-state index contributed by atoms with van der Waals surface area (Å²) < 4.78 is 13.6. The Kier molecular flexibility index (Phi) is 4.17. The maximum atomic E-state index is 12.3. The molecule has 0 aromatic heterocycles. The molecule has 1 rings (SSSR count). The molecule has 11 heavy (non-hydrogen) atoms. The summed E-state index contributed by atoms with van der Waals surface area (Å²) in [6, 6.07) is 7.81. The van der Waals surface area contributed by atoms with E-state index in [9.17, 15) is 4.39 Å². The average Bonchev–Trinajstić information content (AvgIpc) is 2.06. The molecule has 0 aliphatic rings. The van der Waals surface area contributed by atoms with E-state index >= 15 is 0 Å². The number of benzene rings is 1. The van der Waals surface area contributed by atoms with E-state index in [1.54, 1.807) is 0 Å². The molecule has 0 aliphatic heterocycles. The van der Waals surface area contributed by atoms with Crippen LogP contribution in [0.4, 0.5) is 4.39 Å². The Morgan fingerprint density at radius 2 is 2.09 bits per heavy atom. The summed E-state index contributed by atoms with van der Waals surface area (Å²) in [5, 5.41) is 0. The zero-order valence-electron chi connectivity index (χ0n) is 6.21. The van der Waals surface area contributed by atoms with Crippen LogP contribution in [0.5, 0.6) is 0 Å². The third kappa shape index (κ3) is 2.61. The molecule has 0 spiro atoms. The van der Waals surface area contributed by atoms with Gasteiger partial charge in [-0.25, -0.2) is 0 Å². The molecular formula is C8H9FSe2. The fraction of sp³-hybridized carbons (Fsp3) is 0.250. The molecule has 0 fully saturated rings. The van der Waals surface area contributed by atoms with Crippen molar-refractivity contribution in [1.29, 1.82) is 0 Å². The molecule has 0 nitrogen and oxygen atoms in total. The van der Waals surface area contributed by atoms with E-state index in [-0.39, 0.29) is 6.67 Å². The molecule has 0 amide bonds. The maximum absolute atomic E-state index is 12.3. The Labute approximate surface area is 77.4 Å². The molecule has 0 heterocycles. The van der Waals surface area contributed by atoms with Gasteiger partial charge in [-0.05, 0) is 0 Å². The van der Waals surface area contributed by atoms with Crippen LogP contribution in [0.1, 0.15) is 5.56 Å². The second kappa shape index (κ2) is 4.95. The van der Waals surface area contributed by atoms with E-state index < -0.39 is 0 Å². The van der Waals surface area contributed by atoms with Gasteiger partial charge in [0.05, 0.1) is 0 Å². The van der Waals surface area contributed by atoms with Gasteiger partial charge in [-0.1, -0.05) is 0 Å². The number of rotatable bonds is 3. The summed E-state index contributed by atoms with van der Waals surface area (Å²) >= 11 is 1.19. The van der Waals surface area contributed by atoms with E-state index in [4.69, 9.17) is 0 Å². The van der Waals surface area contributed by atoms with Gasteiger partial charge in [-0.2, -0.15) is 0 Å². The van der Waals surface area contributed by atoms with E-state index in [1.807, 2.05) is 24.3 Å². The van der Waals surface area contributed by atoms with E-state index in [0.717, 1.165) is 5.56 Å². The summed E-state index contributed by atoms with van der Waals surface area (Å²) in [7, 11) is 0. The van der Waals surface area contributed by atoms with Crippen molar-refractivity contribution in [3.05, 3.63) is 29.8 Å². The first-order chi connectivity index (χ1) is 5.38. The predicted molar refractivity (Wildman–Crippen MR) is 48.3 cm³/mol. The standard InChI is InChI=1S/C8H9FSe2/c1-10-11-8-5-3-2-4-7(8)6-9/h2-5H,6H2,1H3. The number of hydrogen-bond acceptors (Lipinski definition) is 0. The monoisotopic (exact) mass is 284 g/mol. The summed E-state index contributed by atoms with van der Waals surface area (Å²) in [5.74, 6) is 2.20. The van der Waals surface area contributed by atoms with Crippen LogP contribution in [0.2, 0.25) is 5.82 Å². The Morgan fingerprint density at radius 1 is 1.36 bits per heavy atom. The van der Waals surface area contributed by atoms with Crippen molar-refractivity contribution < 1.29 is 4.39 Å². The molecule has 0 saturated carbocycles. The second-order valence-electron chi connectivity index (χ2n) is 1.99. The van der Waals surface area contributed by atoms with E-state index in [0.29, 0.717) is 26.3 Å². The molecule has 0 bridgehead atoms. The van der Waals surface area contributed by atoms with Crippen LogP contribution < -0.4 is 4.46 Å². The summed E-state index contributed by atoms with van der Waals surface area (Å²) in [4.78, 5) is 0. The van der Waals surface area contributed by atoms with Gasteiger partial charge in [0.1, 0.15) is 0 Å². The number of hydrogen-bond donors (Lipinski definition) is 0. The zero-order valence-corrected chi connectivity index (χ0v) is 9.64. The van der Waals surface area contributed by atoms with Gasteiger partial charge in [0, 0.05) is 0 Å². The van der Waals surface area contributed by atoms with Crippen LogP contribution >= 0.6 is 0 Å². The molecule has 3 heteroatoms. The molecule has 0 N–H and O–H groups in total. The van der Waals surface area contributed by atoms with Crippen LogP contribution in [-0.2, 0) is 6.67 Å². The third-order valence-corrected chi connectivity index (χ3v) is 6.63. The van der Waals surface area contributed by atoms with Gasteiger partial charge in [0.25, 0.3) is 0 Å². The van der Waals surface area contributed by atoms with Crippen LogP contribution in [0.25, 0.3) is 0 Å². The molecule has 0 unspecified atom stereocenters. The van der Waals surface area contributed by atoms with Crippen LogP contribution in [0.15, 0.2) is 24.3 Å². The molecule has 1 aromatic carbocycles. The van der Waals surface area contributed by atoms with Crippen molar-refractivity contribution in [1.82, 2.24) is 0 Å². The first-order valence-electron chi connectivity index (χ1n) is 3.23. The molecule has 1 aromatic rings. The van der Waals surface area contributed by atoms with Gasteiger partial charge in [-0.3, -0.25) is 0 Å². The van der Waals surface area contributed by atoms with Crippen molar-refractivity contribution in [3.8, 4) is 0 Å². The van der Waals surface area contributed by atoms with Gasteiger partial charge in [0.2, 0.25) is 0 Å². The van der Waals surface area contributed by atoms with Crippen LogP contribution in [0, 0.1) is 0 Å². The number of alkyl halides is 1. The predicted octanol–water partition coefficient (Wildman–Crippen LogP) is 1.15. The van der Waals surface area contributed by atoms with Crippen LogP contribution in [0.3, 0.4) is 0 Å². The molecule has 0 aliphatic carbocycles. The fourth-order valence-electron chi connectivity index (χ4n) is 0.785. The summed E-state index contributed by atoms with van der Waals surface area (Å²) in [6.07, 6.45) is 0. The molecular weight excluding hydrogens is 273 g/mol. The molecule has 60 valence electrons. The minimum atomic E-state index is -0.312. The van der Waals surface area contributed by atoms with Gasteiger partial charge in [0.15, 0.2) is 0 Å². The Bertz CT molecular complexity index is 225. The molecule has 0 atom stereocenters. The first-order valence-corrected chi connectivity index (χ1v) is 10.1. The Hall–Kier alpha value is 0.189. The third-order valence-electron chi connectivity index (χ3n) is 1.29. The van der Waals surface area contributed by atoms with Crippen molar-refractivity contribution in [2.24, 2.45) is 0 Å². The Morgan fingerprint density at radius 3 is 2.73 bits per heavy atom. The number of halogens is 1. The Balaban J connectivity index is 2.83. The van der Waals surface area contributed by atoms with Gasteiger partial charge < -0.3 is 0 Å². The van der Waals surface area contributed by atoms with Crippen molar-refractivity contribution in [2.45, 2.75) is 12.5 Å². The van der Waals surface area contributed by atoms with Gasteiger partial charge in [-0.15, -0.1) is 0 Å². The zero-order chi connectivity index (χ0) is 8.10. The van der Waals surface area contributed by atoms with Gasteiger partial charge >= 0.3 is 77.4 Å². The summed E-state index contributed by atoms with van der Waals surface area (Å²) in [5.41, 5.74) is 0.885. The molecule has 0 saturated heterocycles.